The van der Waals surface area contributed by atoms with Crippen molar-refractivity contribution >= 4 is 21.6 Å². The molecule has 8 nitrogen and oxygen atoms in total. The van der Waals surface area contributed by atoms with Gasteiger partial charge in [0.05, 0.1) is 4.92 Å². The number of carbonyl (C=O) groups excluding carboxylic acids is 1. The molecule has 1 amide bonds. The molecule has 21 heavy (non-hydrogen) atoms. The van der Waals surface area contributed by atoms with Crippen molar-refractivity contribution in [1.82, 2.24) is 5.32 Å². The van der Waals surface area contributed by atoms with Crippen LogP contribution in [-0.2, 0) is 10.0 Å². The summed E-state index contributed by atoms with van der Waals surface area (Å²) in [7, 11) is -4.53. The molecule has 1 aromatic carbocycles. The van der Waals surface area contributed by atoms with Crippen LogP contribution in [0.4, 0.5) is 10.1 Å². The van der Waals surface area contributed by atoms with Gasteiger partial charge in [0.15, 0.2) is 0 Å². The van der Waals surface area contributed by atoms with Gasteiger partial charge in [-0.05, 0) is 25.8 Å². The van der Waals surface area contributed by atoms with E-state index < -0.39 is 42.8 Å². The lowest BCUT2D eigenvalue weighted by atomic mass is 10.1. The summed E-state index contributed by atoms with van der Waals surface area (Å²) in [5.41, 5.74) is -1.87. The number of hydrogen-bond donors (Lipinski definition) is 2. The Hall–Kier alpha value is -2.07. The number of nitrogens with two attached hydrogens (primary N) is 1. The van der Waals surface area contributed by atoms with E-state index in [0.29, 0.717) is 12.1 Å². The molecule has 1 aliphatic rings. The third-order valence-corrected chi connectivity index (χ3v) is 4.11. The molecule has 1 aliphatic carbocycles. The van der Waals surface area contributed by atoms with Crippen LogP contribution in [0.2, 0.25) is 0 Å². The van der Waals surface area contributed by atoms with Gasteiger partial charge in [-0.2, -0.15) is 4.39 Å². The number of primary sulfonamides is 1. The molecular formula is C11H12FN3O5S. The van der Waals surface area contributed by atoms with E-state index in [9.17, 15) is 27.7 Å². The number of carbonyl (C=O) groups is 1. The number of nitro benzene ring substituents is 1. The first kappa shape index (κ1) is 15.3. The predicted octanol–water partition coefficient (Wildman–Crippen LogP) is 0.664. The average molecular weight is 317 g/mol. The highest BCUT2D eigenvalue weighted by Gasteiger charge is 2.39. The zero-order valence-corrected chi connectivity index (χ0v) is 11.7. The summed E-state index contributed by atoms with van der Waals surface area (Å²) in [6, 6.07) is 1.38. The molecule has 0 unspecified atom stereocenters. The standard InChI is InChI=1S/C11H12FN3O5S/c1-11(2-3-11)14-10(16)6-4-7(15(17)18)9(12)8(5-6)21(13,19)20/h4-5H,2-3H2,1H3,(H,14,16)(H2,13,19,20). The molecule has 0 bridgehead atoms. The van der Waals surface area contributed by atoms with Crippen LogP contribution in [0.1, 0.15) is 30.1 Å². The number of amides is 1. The van der Waals surface area contributed by atoms with E-state index in [-0.39, 0.29) is 5.56 Å². The molecule has 0 saturated heterocycles. The van der Waals surface area contributed by atoms with E-state index in [1.807, 2.05) is 0 Å². The second-order valence-corrected chi connectivity index (χ2v) is 6.65. The van der Waals surface area contributed by atoms with Crippen LogP contribution in [0, 0.1) is 15.9 Å². The summed E-state index contributed by atoms with van der Waals surface area (Å²) in [5.74, 6) is -2.31. The molecule has 2 rings (SSSR count). The molecule has 3 N–H and O–H groups in total. The number of nitro groups is 1. The topological polar surface area (TPSA) is 132 Å². The average Bonchev–Trinajstić information content (AvgIpc) is 3.04. The molecule has 1 fully saturated rings. The molecule has 0 heterocycles. The second kappa shape index (κ2) is 4.74. The van der Waals surface area contributed by atoms with Gasteiger partial charge >= 0.3 is 5.69 Å². The molecule has 1 saturated carbocycles. The molecule has 10 heteroatoms. The Labute approximate surface area is 119 Å². The Morgan fingerprint density at radius 1 is 1.48 bits per heavy atom. The molecule has 0 aliphatic heterocycles. The fraction of sp³-hybridized carbons (Fsp3) is 0.364. The SMILES string of the molecule is CC1(NC(=O)c2cc([N+](=O)[O-])c(F)c(S(N)(=O)=O)c2)CC1. The number of nitrogens with zero attached hydrogens (tertiary/aromatic N) is 1. The lowest BCUT2D eigenvalue weighted by molar-refractivity contribution is -0.387. The van der Waals surface area contributed by atoms with Gasteiger partial charge in [0.2, 0.25) is 15.8 Å². The van der Waals surface area contributed by atoms with Gasteiger partial charge < -0.3 is 5.32 Å². The highest BCUT2D eigenvalue weighted by Crippen LogP contribution is 2.35. The van der Waals surface area contributed by atoms with Crippen molar-refractivity contribution in [2.75, 3.05) is 0 Å². The zero-order valence-electron chi connectivity index (χ0n) is 10.9. The van der Waals surface area contributed by atoms with Crippen LogP contribution in [0.3, 0.4) is 0 Å². The number of nitrogens with one attached hydrogen (secondary N) is 1. The lowest BCUT2D eigenvalue weighted by Crippen LogP contribution is -2.34. The highest BCUT2D eigenvalue weighted by molar-refractivity contribution is 7.89. The second-order valence-electron chi connectivity index (χ2n) is 5.12. The fourth-order valence-electron chi connectivity index (χ4n) is 1.71. The van der Waals surface area contributed by atoms with Crippen LogP contribution in [0.15, 0.2) is 17.0 Å². The van der Waals surface area contributed by atoms with E-state index in [1.54, 1.807) is 6.92 Å². The number of benzene rings is 1. The summed E-state index contributed by atoms with van der Waals surface area (Å²) in [5, 5.41) is 18.2. The maximum Gasteiger partial charge on any atom is 0.307 e. The minimum absolute atomic E-state index is 0.333. The number of rotatable bonds is 4. The maximum absolute atomic E-state index is 13.8. The van der Waals surface area contributed by atoms with Crippen molar-refractivity contribution in [3.05, 3.63) is 33.6 Å². The van der Waals surface area contributed by atoms with Crippen LogP contribution in [-0.4, -0.2) is 24.8 Å². The number of hydrogen-bond acceptors (Lipinski definition) is 5. The van der Waals surface area contributed by atoms with Gasteiger partial charge in [0.1, 0.15) is 4.90 Å². The first-order chi connectivity index (χ1) is 9.53. The summed E-state index contributed by atoms with van der Waals surface area (Å²) >= 11 is 0. The van der Waals surface area contributed by atoms with Crippen molar-refractivity contribution in [2.45, 2.75) is 30.2 Å². The molecule has 1 aromatic rings. The highest BCUT2D eigenvalue weighted by atomic mass is 32.2. The van der Waals surface area contributed by atoms with Gasteiger partial charge in [-0.25, -0.2) is 13.6 Å². The van der Waals surface area contributed by atoms with Gasteiger partial charge in [-0.1, -0.05) is 0 Å². The van der Waals surface area contributed by atoms with Crippen molar-refractivity contribution < 1.29 is 22.5 Å². The van der Waals surface area contributed by atoms with Crippen LogP contribution in [0.5, 0.6) is 0 Å². The van der Waals surface area contributed by atoms with E-state index >= 15 is 0 Å². The number of sulfonamides is 1. The Bertz CT molecular complexity index is 742. The van der Waals surface area contributed by atoms with Crippen LogP contribution in [0.25, 0.3) is 0 Å². The van der Waals surface area contributed by atoms with Crippen molar-refractivity contribution in [3.63, 3.8) is 0 Å². The Morgan fingerprint density at radius 3 is 2.48 bits per heavy atom. The molecular weight excluding hydrogens is 305 g/mol. The minimum Gasteiger partial charge on any atom is -0.347 e. The molecule has 0 radical (unpaired) electrons. The van der Waals surface area contributed by atoms with Crippen LogP contribution < -0.4 is 10.5 Å². The molecule has 0 atom stereocenters. The van der Waals surface area contributed by atoms with E-state index in [2.05, 4.69) is 5.32 Å². The van der Waals surface area contributed by atoms with Gasteiger partial charge in [0.25, 0.3) is 5.91 Å². The van der Waals surface area contributed by atoms with Gasteiger partial charge in [-0.15, -0.1) is 0 Å². The van der Waals surface area contributed by atoms with E-state index in [1.165, 1.54) is 0 Å². The fourth-order valence-corrected chi connectivity index (χ4v) is 2.36. The summed E-state index contributed by atoms with van der Waals surface area (Å²) < 4.78 is 36.3. The summed E-state index contributed by atoms with van der Waals surface area (Å²) in [4.78, 5) is 20.6. The molecule has 114 valence electrons. The predicted molar refractivity (Wildman–Crippen MR) is 69.5 cm³/mol. The van der Waals surface area contributed by atoms with Crippen LogP contribution >= 0.6 is 0 Å². The smallest absolute Gasteiger partial charge is 0.307 e. The third-order valence-electron chi connectivity index (χ3n) is 3.20. The monoisotopic (exact) mass is 317 g/mol. The first-order valence-corrected chi connectivity index (χ1v) is 7.41. The summed E-state index contributed by atoms with van der Waals surface area (Å²) in [6.07, 6.45) is 1.48. The van der Waals surface area contributed by atoms with Crippen molar-refractivity contribution in [2.24, 2.45) is 5.14 Å². The zero-order chi connectivity index (χ0) is 16.0. The third kappa shape index (κ3) is 3.16. The largest absolute Gasteiger partial charge is 0.347 e. The van der Waals surface area contributed by atoms with Crippen molar-refractivity contribution in [3.8, 4) is 0 Å². The Kier molecular flexibility index (Phi) is 3.46. The molecule has 0 aromatic heterocycles. The molecule has 0 spiro atoms. The first-order valence-electron chi connectivity index (χ1n) is 5.87. The Balaban J connectivity index is 2.54. The Morgan fingerprint density at radius 2 is 2.05 bits per heavy atom. The van der Waals surface area contributed by atoms with Crippen molar-refractivity contribution in [1.29, 1.82) is 0 Å². The minimum atomic E-state index is -4.53. The number of halogens is 1. The van der Waals surface area contributed by atoms with E-state index in [4.69, 9.17) is 5.14 Å². The van der Waals surface area contributed by atoms with Gasteiger partial charge in [-0.3, -0.25) is 14.9 Å². The normalized spacial score (nSPS) is 16.3. The van der Waals surface area contributed by atoms with Gasteiger partial charge in [0, 0.05) is 17.2 Å². The lowest BCUT2D eigenvalue weighted by Gasteiger charge is -2.12. The summed E-state index contributed by atoms with van der Waals surface area (Å²) in [6.45, 7) is 1.77. The quantitative estimate of drug-likeness (QED) is 0.622. The van der Waals surface area contributed by atoms with E-state index in [0.717, 1.165) is 12.8 Å². The maximum atomic E-state index is 13.8.